The number of nitrogens with zero attached hydrogens (tertiary/aromatic N) is 2. The van der Waals surface area contributed by atoms with E-state index in [0.717, 1.165) is 15.5 Å². The molecule has 108 valence electrons. The molecule has 20 heavy (non-hydrogen) atoms. The lowest BCUT2D eigenvalue weighted by atomic mass is 10.3. The number of fused-ring (bicyclic) bond motifs is 1. The maximum atomic E-state index is 10.8. The van der Waals surface area contributed by atoms with Crippen molar-refractivity contribution in [3.05, 3.63) is 22.7 Å². The molecule has 5 nitrogen and oxygen atoms in total. The first-order chi connectivity index (χ1) is 9.52. The van der Waals surface area contributed by atoms with Crippen molar-refractivity contribution < 1.29 is 14.6 Å². The van der Waals surface area contributed by atoms with Crippen molar-refractivity contribution in [1.29, 1.82) is 0 Å². The predicted octanol–water partition coefficient (Wildman–Crippen LogP) is 3.18. The number of aromatic nitrogens is 2. The van der Waals surface area contributed by atoms with Crippen LogP contribution in [0.2, 0.25) is 0 Å². The summed E-state index contributed by atoms with van der Waals surface area (Å²) < 4.78 is 8.19. The molecule has 0 amide bonds. The number of imidazole rings is 1. The average molecular weight is 359 g/mol. The monoisotopic (exact) mass is 358 g/mol. The van der Waals surface area contributed by atoms with Crippen LogP contribution in [0.4, 0.5) is 0 Å². The molecule has 0 saturated heterocycles. The van der Waals surface area contributed by atoms with E-state index in [1.807, 2.05) is 29.7 Å². The Hall–Kier alpha value is -1.05. The summed E-state index contributed by atoms with van der Waals surface area (Å²) in [4.78, 5) is 15.3. The Kier molecular flexibility index (Phi) is 5.06. The molecule has 7 heteroatoms. The molecular weight excluding hydrogens is 344 g/mol. The van der Waals surface area contributed by atoms with Gasteiger partial charge in [0.1, 0.15) is 0 Å². The van der Waals surface area contributed by atoms with Gasteiger partial charge in [-0.1, -0.05) is 27.7 Å². The van der Waals surface area contributed by atoms with E-state index in [4.69, 9.17) is 9.84 Å². The highest BCUT2D eigenvalue weighted by molar-refractivity contribution is 9.10. The fourth-order valence-corrected chi connectivity index (χ4v) is 3.20. The second kappa shape index (κ2) is 6.60. The molecular formula is C13H15BrN2O3S. The van der Waals surface area contributed by atoms with Gasteiger partial charge in [-0.05, 0) is 25.1 Å². The zero-order valence-electron chi connectivity index (χ0n) is 11.2. The fourth-order valence-electron chi connectivity index (χ4n) is 2.01. The van der Waals surface area contributed by atoms with Gasteiger partial charge in [0.15, 0.2) is 5.16 Å². The third-order valence-corrected chi connectivity index (χ3v) is 4.22. The Bertz CT molecular complexity index is 629. The largest absolute Gasteiger partial charge is 0.481 e. The number of benzene rings is 1. The molecule has 1 aromatic carbocycles. The standard InChI is InChI=1S/C13H15BrN2O3S/c1-8(6-19-2)16-11-5-9(14)3-4-10(11)15-13(16)20-7-12(17)18/h3-5,8H,6-7H2,1-2H3,(H,17,18). The molecule has 0 radical (unpaired) electrons. The summed E-state index contributed by atoms with van der Waals surface area (Å²) in [5, 5.41) is 9.54. The normalized spacial score (nSPS) is 12.8. The van der Waals surface area contributed by atoms with Crippen LogP contribution in [0.1, 0.15) is 13.0 Å². The highest BCUT2D eigenvalue weighted by Crippen LogP contribution is 2.29. The molecule has 1 aromatic heterocycles. The van der Waals surface area contributed by atoms with Crippen LogP contribution in [0.5, 0.6) is 0 Å². The van der Waals surface area contributed by atoms with Crippen LogP contribution in [-0.2, 0) is 9.53 Å². The van der Waals surface area contributed by atoms with Crippen molar-refractivity contribution in [2.24, 2.45) is 0 Å². The highest BCUT2D eigenvalue weighted by atomic mass is 79.9. The smallest absolute Gasteiger partial charge is 0.313 e. The lowest BCUT2D eigenvalue weighted by molar-refractivity contribution is -0.133. The number of carboxylic acids is 1. The van der Waals surface area contributed by atoms with Crippen LogP contribution in [-0.4, -0.2) is 40.1 Å². The summed E-state index contributed by atoms with van der Waals surface area (Å²) in [5.41, 5.74) is 1.82. The molecule has 1 N–H and O–H groups in total. The number of hydrogen-bond acceptors (Lipinski definition) is 4. The average Bonchev–Trinajstić information content (AvgIpc) is 2.74. The van der Waals surface area contributed by atoms with Gasteiger partial charge in [0.2, 0.25) is 0 Å². The number of carbonyl (C=O) groups is 1. The Balaban J connectivity index is 2.48. The second-order valence-corrected chi connectivity index (χ2v) is 6.24. The van der Waals surface area contributed by atoms with Crippen LogP contribution in [0, 0.1) is 0 Å². The first-order valence-corrected chi connectivity index (χ1v) is 7.81. The van der Waals surface area contributed by atoms with Crippen LogP contribution < -0.4 is 0 Å². The number of methoxy groups -OCH3 is 1. The number of hydrogen-bond donors (Lipinski definition) is 1. The summed E-state index contributed by atoms with van der Waals surface area (Å²) in [6.45, 7) is 2.56. The van der Waals surface area contributed by atoms with E-state index in [9.17, 15) is 4.79 Å². The fraction of sp³-hybridized carbons (Fsp3) is 0.385. The number of ether oxygens (including phenoxy) is 1. The minimum absolute atomic E-state index is 0.00973. The summed E-state index contributed by atoms with van der Waals surface area (Å²) in [7, 11) is 1.65. The van der Waals surface area contributed by atoms with Crippen molar-refractivity contribution in [3.63, 3.8) is 0 Å². The first kappa shape index (κ1) is 15.3. The molecule has 0 aliphatic carbocycles. The molecule has 1 unspecified atom stereocenters. The van der Waals surface area contributed by atoms with Crippen molar-refractivity contribution in [2.45, 2.75) is 18.1 Å². The number of halogens is 1. The molecule has 0 fully saturated rings. The third-order valence-electron chi connectivity index (χ3n) is 2.79. The van der Waals surface area contributed by atoms with Gasteiger partial charge < -0.3 is 14.4 Å². The van der Waals surface area contributed by atoms with E-state index in [1.165, 1.54) is 11.8 Å². The molecule has 2 aromatic rings. The Labute approximate surface area is 129 Å². The maximum Gasteiger partial charge on any atom is 0.313 e. The number of carboxylic acid groups (broad SMARTS) is 1. The van der Waals surface area contributed by atoms with Crippen molar-refractivity contribution in [3.8, 4) is 0 Å². The van der Waals surface area contributed by atoms with Crippen LogP contribution in [0.25, 0.3) is 11.0 Å². The van der Waals surface area contributed by atoms with Gasteiger partial charge in [0, 0.05) is 11.6 Å². The Morgan fingerprint density at radius 1 is 1.60 bits per heavy atom. The van der Waals surface area contributed by atoms with Crippen LogP contribution >= 0.6 is 27.7 Å². The molecule has 0 spiro atoms. The van der Waals surface area contributed by atoms with Crippen molar-refractivity contribution >= 4 is 44.7 Å². The van der Waals surface area contributed by atoms with Gasteiger partial charge >= 0.3 is 5.97 Å². The van der Waals surface area contributed by atoms with E-state index < -0.39 is 5.97 Å². The van der Waals surface area contributed by atoms with E-state index in [0.29, 0.717) is 11.8 Å². The summed E-state index contributed by atoms with van der Waals surface area (Å²) >= 11 is 4.68. The lowest BCUT2D eigenvalue weighted by Crippen LogP contribution is -2.12. The number of rotatable bonds is 6. The minimum Gasteiger partial charge on any atom is -0.481 e. The molecule has 2 rings (SSSR count). The summed E-state index contributed by atoms with van der Waals surface area (Å²) in [6, 6.07) is 5.90. The quantitative estimate of drug-likeness (QED) is 0.803. The molecule has 1 atom stereocenters. The van der Waals surface area contributed by atoms with Gasteiger partial charge in [-0.2, -0.15) is 0 Å². The number of aliphatic carboxylic acids is 1. The van der Waals surface area contributed by atoms with E-state index in [1.54, 1.807) is 7.11 Å². The van der Waals surface area contributed by atoms with Gasteiger partial charge in [0.05, 0.1) is 29.4 Å². The van der Waals surface area contributed by atoms with E-state index >= 15 is 0 Å². The van der Waals surface area contributed by atoms with Crippen molar-refractivity contribution in [2.75, 3.05) is 19.5 Å². The van der Waals surface area contributed by atoms with E-state index in [-0.39, 0.29) is 11.8 Å². The van der Waals surface area contributed by atoms with Gasteiger partial charge in [-0.25, -0.2) is 4.98 Å². The zero-order chi connectivity index (χ0) is 14.7. The molecule has 0 bridgehead atoms. The van der Waals surface area contributed by atoms with Gasteiger partial charge in [-0.15, -0.1) is 0 Å². The molecule has 1 heterocycles. The topological polar surface area (TPSA) is 64.3 Å². The number of thioether (sulfide) groups is 1. The van der Waals surface area contributed by atoms with Crippen LogP contribution in [0.15, 0.2) is 27.8 Å². The minimum atomic E-state index is -0.853. The van der Waals surface area contributed by atoms with Gasteiger partial charge in [-0.3, -0.25) is 4.79 Å². The third kappa shape index (κ3) is 3.34. The van der Waals surface area contributed by atoms with Crippen LogP contribution in [0.3, 0.4) is 0 Å². The summed E-state index contributed by atoms with van der Waals surface area (Å²) in [5.74, 6) is -0.862. The first-order valence-electron chi connectivity index (χ1n) is 6.04. The van der Waals surface area contributed by atoms with Crippen molar-refractivity contribution in [1.82, 2.24) is 9.55 Å². The molecule has 0 saturated carbocycles. The Morgan fingerprint density at radius 3 is 3.00 bits per heavy atom. The predicted molar refractivity (Wildman–Crippen MR) is 82.4 cm³/mol. The van der Waals surface area contributed by atoms with E-state index in [2.05, 4.69) is 20.9 Å². The second-order valence-electron chi connectivity index (χ2n) is 4.38. The Morgan fingerprint density at radius 2 is 2.35 bits per heavy atom. The van der Waals surface area contributed by atoms with Gasteiger partial charge in [0.25, 0.3) is 0 Å². The molecule has 0 aliphatic heterocycles. The highest BCUT2D eigenvalue weighted by Gasteiger charge is 2.17. The SMILES string of the molecule is COCC(C)n1c(SCC(=O)O)nc2ccc(Br)cc21. The molecule has 0 aliphatic rings. The summed E-state index contributed by atoms with van der Waals surface area (Å²) in [6.07, 6.45) is 0. The zero-order valence-corrected chi connectivity index (χ0v) is 13.6. The lowest BCUT2D eigenvalue weighted by Gasteiger charge is -2.16. The maximum absolute atomic E-state index is 10.8.